The molecule has 0 bridgehead atoms. The minimum absolute atomic E-state index is 0.0158. The number of alkyl halides is 3. The van der Waals surface area contributed by atoms with Gasteiger partial charge in [0.1, 0.15) is 4.90 Å². The summed E-state index contributed by atoms with van der Waals surface area (Å²) in [6.45, 7) is 3.00. The van der Waals surface area contributed by atoms with Crippen LogP contribution in [0.3, 0.4) is 0 Å². The summed E-state index contributed by atoms with van der Waals surface area (Å²) in [4.78, 5) is -0.114. The van der Waals surface area contributed by atoms with E-state index in [1.54, 1.807) is 0 Å². The quantitative estimate of drug-likeness (QED) is 0.793. The number of halogens is 3. The van der Waals surface area contributed by atoms with Crippen molar-refractivity contribution in [3.8, 4) is 0 Å². The Balaban J connectivity index is 1.90. The Kier molecular flexibility index (Phi) is 4.99. The van der Waals surface area contributed by atoms with Gasteiger partial charge in [-0.05, 0) is 44.5 Å². The number of sulfone groups is 1. The molecule has 3 rings (SSSR count). The summed E-state index contributed by atoms with van der Waals surface area (Å²) < 4.78 is 90.5. The highest BCUT2D eigenvalue weighted by Crippen LogP contribution is 2.32. The first-order valence-corrected chi connectivity index (χ1v) is 11.6. The molecule has 2 heterocycles. The fourth-order valence-electron chi connectivity index (χ4n) is 3.29. The lowest BCUT2D eigenvalue weighted by Crippen LogP contribution is -2.17. The van der Waals surface area contributed by atoms with E-state index in [9.17, 15) is 30.0 Å². The maximum Gasteiger partial charge on any atom is 0.416 e. The number of hydrogen-bond donors (Lipinski definition) is 1. The second kappa shape index (κ2) is 6.76. The predicted octanol–water partition coefficient (Wildman–Crippen LogP) is 2.68. The smallest absolute Gasteiger partial charge is 0.280 e. The Morgan fingerprint density at radius 1 is 1.18 bits per heavy atom. The number of aromatic nitrogens is 2. The summed E-state index contributed by atoms with van der Waals surface area (Å²) in [6.07, 6.45) is -4.18. The van der Waals surface area contributed by atoms with Crippen molar-refractivity contribution in [2.75, 3.05) is 16.2 Å². The minimum atomic E-state index is -4.52. The van der Waals surface area contributed by atoms with Crippen LogP contribution in [-0.4, -0.2) is 38.1 Å². The fraction of sp³-hybridized carbons (Fsp3) is 0.438. The highest BCUT2D eigenvalue weighted by Gasteiger charge is 2.34. The van der Waals surface area contributed by atoms with Crippen LogP contribution in [0.2, 0.25) is 0 Å². The second-order valence-electron chi connectivity index (χ2n) is 6.68. The van der Waals surface area contributed by atoms with Gasteiger partial charge in [-0.2, -0.15) is 18.3 Å². The number of rotatable bonds is 4. The van der Waals surface area contributed by atoms with E-state index in [1.165, 1.54) is 18.5 Å². The summed E-state index contributed by atoms with van der Waals surface area (Å²) in [5.74, 6) is -0.0946. The van der Waals surface area contributed by atoms with Crippen LogP contribution in [-0.2, 0) is 26.0 Å². The number of sulfonamides is 1. The Hall–Kier alpha value is -2.08. The standard InChI is InChI=1S/C16H18F3N3O4S2/c1-10-15(11(2)22(20-10)14-7-8-27(23,24)9-14)28(25,26)21-13-5-3-12(4-6-13)16(17,18)19/h3-6,14,21H,7-9H2,1-2H3. The van der Waals surface area contributed by atoms with Gasteiger partial charge in [-0.1, -0.05) is 0 Å². The molecule has 0 saturated carbocycles. The Bertz CT molecular complexity index is 1110. The highest BCUT2D eigenvalue weighted by molar-refractivity contribution is 7.92. The minimum Gasteiger partial charge on any atom is -0.280 e. The van der Waals surface area contributed by atoms with Crippen molar-refractivity contribution in [2.24, 2.45) is 0 Å². The van der Waals surface area contributed by atoms with Crippen molar-refractivity contribution in [3.63, 3.8) is 0 Å². The highest BCUT2D eigenvalue weighted by atomic mass is 32.2. The molecule has 1 fully saturated rings. The van der Waals surface area contributed by atoms with Crippen molar-refractivity contribution >= 4 is 25.5 Å². The molecule has 0 spiro atoms. The Morgan fingerprint density at radius 3 is 2.29 bits per heavy atom. The van der Waals surface area contributed by atoms with Crippen LogP contribution in [0, 0.1) is 13.8 Å². The number of benzene rings is 1. The number of aryl methyl sites for hydroxylation is 1. The van der Waals surface area contributed by atoms with Crippen molar-refractivity contribution in [1.29, 1.82) is 0 Å². The summed E-state index contributed by atoms with van der Waals surface area (Å²) >= 11 is 0. The largest absolute Gasteiger partial charge is 0.416 e. The molecule has 1 aliphatic heterocycles. The normalized spacial score (nSPS) is 19.7. The lowest BCUT2D eigenvalue weighted by molar-refractivity contribution is -0.137. The monoisotopic (exact) mass is 437 g/mol. The van der Waals surface area contributed by atoms with Crippen LogP contribution >= 0.6 is 0 Å². The van der Waals surface area contributed by atoms with Gasteiger partial charge in [0.2, 0.25) is 0 Å². The molecule has 1 saturated heterocycles. The number of anilines is 1. The second-order valence-corrected chi connectivity index (χ2v) is 10.5. The third kappa shape index (κ3) is 4.02. The summed E-state index contributed by atoms with van der Waals surface area (Å²) in [5.41, 5.74) is -0.457. The van der Waals surface area contributed by atoms with Crippen molar-refractivity contribution in [2.45, 2.75) is 37.4 Å². The lowest BCUT2D eigenvalue weighted by atomic mass is 10.2. The van der Waals surface area contributed by atoms with Crippen molar-refractivity contribution in [3.05, 3.63) is 41.2 Å². The van der Waals surface area contributed by atoms with Gasteiger partial charge in [-0.25, -0.2) is 16.8 Å². The van der Waals surface area contributed by atoms with E-state index in [4.69, 9.17) is 0 Å². The van der Waals surface area contributed by atoms with Gasteiger partial charge in [0.25, 0.3) is 10.0 Å². The molecule has 0 amide bonds. The molecule has 7 nitrogen and oxygen atoms in total. The fourth-order valence-corrected chi connectivity index (χ4v) is 6.45. The molecule has 1 unspecified atom stereocenters. The van der Waals surface area contributed by atoms with Crippen LogP contribution < -0.4 is 4.72 Å². The van der Waals surface area contributed by atoms with Gasteiger partial charge in [-0.3, -0.25) is 9.40 Å². The molecule has 2 aromatic rings. The molecule has 1 aliphatic rings. The van der Waals surface area contributed by atoms with Gasteiger partial charge >= 0.3 is 6.18 Å². The third-order valence-corrected chi connectivity index (χ3v) is 7.93. The van der Waals surface area contributed by atoms with E-state index in [-0.39, 0.29) is 33.5 Å². The molecule has 0 aliphatic carbocycles. The van der Waals surface area contributed by atoms with E-state index in [0.717, 1.165) is 24.3 Å². The van der Waals surface area contributed by atoms with E-state index < -0.39 is 37.6 Å². The Labute approximate surface area is 160 Å². The predicted molar refractivity (Wildman–Crippen MR) is 96.3 cm³/mol. The lowest BCUT2D eigenvalue weighted by Gasteiger charge is -2.13. The molecule has 28 heavy (non-hydrogen) atoms. The molecule has 1 N–H and O–H groups in total. The van der Waals surface area contributed by atoms with Crippen molar-refractivity contribution < 1.29 is 30.0 Å². The molecular weight excluding hydrogens is 419 g/mol. The van der Waals surface area contributed by atoms with Gasteiger partial charge < -0.3 is 0 Å². The van der Waals surface area contributed by atoms with E-state index in [0.29, 0.717) is 6.42 Å². The summed E-state index contributed by atoms with van der Waals surface area (Å²) in [6, 6.07) is 3.17. The average molecular weight is 437 g/mol. The van der Waals surface area contributed by atoms with E-state index >= 15 is 0 Å². The van der Waals surface area contributed by atoms with Gasteiger partial charge in [0, 0.05) is 5.69 Å². The zero-order chi connectivity index (χ0) is 20.9. The van der Waals surface area contributed by atoms with Crippen LogP contribution in [0.1, 0.15) is 29.4 Å². The first-order chi connectivity index (χ1) is 12.8. The molecular formula is C16H18F3N3O4S2. The number of nitrogens with one attached hydrogen (secondary N) is 1. The molecule has 154 valence electrons. The van der Waals surface area contributed by atoms with Crippen LogP contribution in [0.25, 0.3) is 0 Å². The summed E-state index contributed by atoms with van der Waals surface area (Å²) in [5, 5.41) is 4.20. The third-order valence-electron chi connectivity index (χ3n) is 4.55. The van der Waals surface area contributed by atoms with Crippen LogP contribution in [0.5, 0.6) is 0 Å². The zero-order valence-electron chi connectivity index (χ0n) is 15.0. The topological polar surface area (TPSA) is 98.1 Å². The maximum atomic E-state index is 12.8. The zero-order valence-corrected chi connectivity index (χ0v) is 16.6. The molecule has 12 heteroatoms. The Morgan fingerprint density at radius 2 is 1.79 bits per heavy atom. The van der Waals surface area contributed by atoms with Gasteiger partial charge in [-0.15, -0.1) is 0 Å². The van der Waals surface area contributed by atoms with Crippen molar-refractivity contribution in [1.82, 2.24) is 9.78 Å². The molecule has 0 radical (unpaired) electrons. The van der Waals surface area contributed by atoms with E-state index in [2.05, 4.69) is 9.82 Å². The molecule has 1 aromatic heterocycles. The maximum absolute atomic E-state index is 12.8. The molecule has 1 atom stereocenters. The first kappa shape index (κ1) is 20.6. The number of hydrogen-bond acceptors (Lipinski definition) is 5. The first-order valence-electron chi connectivity index (χ1n) is 8.26. The number of nitrogens with zero attached hydrogens (tertiary/aromatic N) is 2. The average Bonchev–Trinajstić information content (AvgIpc) is 3.05. The van der Waals surface area contributed by atoms with Crippen LogP contribution in [0.15, 0.2) is 29.2 Å². The SMILES string of the molecule is Cc1nn(C2CCS(=O)(=O)C2)c(C)c1S(=O)(=O)Nc1ccc(C(F)(F)F)cc1. The van der Waals surface area contributed by atoms with Gasteiger partial charge in [0.05, 0.1) is 34.5 Å². The van der Waals surface area contributed by atoms with E-state index in [1.807, 2.05) is 0 Å². The van der Waals surface area contributed by atoms with Crippen LogP contribution in [0.4, 0.5) is 18.9 Å². The summed E-state index contributed by atoms with van der Waals surface area (Å²) in [7, 11) is -7.31. The molecule has 1 aromatic carbocycles. The van der Waals surface area contributed by atoms with Gasteiger partial charge in [0.15, 0.2) is 9.84 Å².